The number of nitrogens with one attached hydrogen (secondary N) is 1. The first kappa shape index (κ1) is 13.4. The molecule has 0 saturated carbocycles. The fourth-order valence-corrected chi connectivity index (χ4v) is 3.54. The van der Waals surface area contributed by atoms with Gasteiger partial charge >= 0.3 is 5.89 Å². The van der Waals surface area contributed by atoms with Gasteiger partial charge in [0.1, 0.15) is 7.05 Å². The van der Waals surface area contributed by atoms with Gasteiger partial charge in [-0.1, -0.05) is 36.4 Å². The predicted molar refractivity (Wildman–Crippen MR) is 96.9 cm³/mol. The van der Waals surface area contributed by atoms with E-state index in [1.54, 1.807) is 0 Å². The molecule has 0 unspecified atom stereocenters. The Kier molecular flexibility index (Phi) is 2.63. The highest BCUT2D eigenvalue weighted by Crippen LogP contribution is 2.31. The molecule has 3 nitrogen and oxygen atoms in total. The number of oxazole rings is 1. The van der Waals surface area contributed by atoms with Crippen LogP contribution in [0.3, 0.4) is 0 Å². The first-order valence-electron chi connectivity index (χ1n) is 8.11. The second kappa shape index (κ2) is 4.71. The Morgan fingerprint density at radius 1 is 0.875 bits per heavy atom. The number of fused-ring (bicyclic) bond motifs is 4. The summed E-state index contributed by atoms with van der Waals surface area (Å²) in [6.45, 7) is 2.11. The Bertz CT molecular complexity index is 1230. The van der Waals surface area contributed by atoms with Gasteiger partial charge in [0.05, 0.1) is 11.1 Å². The number of H-pyrrole nitrogens is 1. The maximum Gasteiger partial charge on any atom is 0.381 e. The van der Waals surface area contributed by atoms with E-state index in [2.05, 4.69) is 78.1 Å². The maximum atomic E-state index is 6.24. The van der Waals surface area contributed by atoms with E-state index in [1.165, 1.54) is 16.3 Å². The molecule has 0 radical (unpaired) electrons. The lowest BCUT2D eigenvalue weighted by Gasteiger charge is -1.97. The van der Waals surface area contributed by atoms with Crippen LogP contribution in [0.5, 0.6) is 0 Å². The Labute approximate surface area is 139 Å². The molecule has 3 heteroatoms. The molecule has 0 aliphatic rings. The maximum absolute atomic E-state index is 6.24. The summed E-state index contributed by atoms with van der Waals surface area (Å²) in [4.78, 5) is 3.50. The van der Waals surface area contributed by atoms with E-state index in [4.69, 9.17) is 4.42 Å². The average Bonchev–Trinajstić information content (AvgIpc) is 3.11. The van der Waals surface area contributed by atoms with Crippen molar-refractivity contribution >= 4 is 32.9 Å². The summed E-state index contributed by atoms with van der Waals surface area (Å²) in [6.07, 6.45) is 0. The number of aromatic nitrogens is 2. The van der Waals surface area contributed by atoms with Gasteiger partial charge in [-0.25, -0.2) is 0 Å². The summed E-state index contributed by atoms with van der Waals surface area (Å²) >= 11 is 0. The number of rotatable bonds is 1. The third-order valence-corrected chi connectivity index (χ3v) is 4.83. The van der Waals surface area contributed by atoms with Crippen molar-refractivity contribution in [2.45, 2.75) is 6.92 Å². The van der Waals surface area contributed by atoms with E-state index in [0.29, 0.717) is 0 Å². The zero-order chi connectivity index (χ0) is 16.3. The van der Waals surface area contributed by atoms with Crippen LogP contribution < -0.4 is 4.57 Å². The number of aryl methyl sites for hydroxylation is 2. The molecular weight excluding hydrogens is 296 g/mol. The molecule has 0 saturated heterocycles. The summed E-state index contributed by atoms with van der Waals surface area (Å²) in [5, 5.41) is 2.43. The van der Waals surface area contributed by atoms with E-state index in [9.17, 15) is 0 Å². The van der Waals surface area contributed by atoms with Crippen LogP contribution in [0.1, 0.15) is 5.56 Å². The van der Waals surface area contributed by atoms with Gasteiger partial charge in [0, 0.05) is 22.4 Å². The summed E-state index contributed by atoms with van der Waals surface area (Å²) in [7, 11) is 2.06. The van der Waals surface area contributed by atoms with E-state index < -0.39 is 0 Å². The van der Waals surface area contributed by atoms with Crippen molar-refractivity contribution < 1.29 is 8.98 Å². The topological polar surface area (TPSA) is 32.8 Å². The first-order chi connectivity index (χ1) is 11.7. The van der Waals surface area contributed by atoms with E-state index >= 15 is 0 Å². The van der Waals surface area contributed by atoms with Crippen LogP contribution in [0.2, 0.25) is 0 Å². The largest absolute Gasteiger partial charge is 0.398 e. The third kappa shape index (κ3) is 1.75. The first-order valence-corrected chi connectivity index (χ1v) is 8.11. The number of nitrogens with zero attached hydrogens (tertiary/aromatic N) is 1. The molecule has 0 amide bonds. The van der Waals surface area contributed by atoms with E-state index in [1.807, 2.05) is 6.07 Å². The zero-order valence-corrected chi connectivity index (χ0v) is 13.6. The normalized spacial score (nSPS) is 11.8. The van der Waals surface area contributed by atoms with Gasteiger partial charge in [0.15, 0.2) is 0 Å². The zero-order valence-electron chi connectivity index (χ0n) is 13.6. The second-order valence-electron chi connectivity index (χ2n) is 6.32. The minimum absolute atomic E-state index is 0.889. The van der Waals surface area contributed by atoms with Gasteiger partial charge in [0.25, 0.3) is 5.52 Å². The molecule has 3 aromatic carbocycles. The lowest BCUT2D eigenvalue weighted by atomic mass is 10.1. The fraction of sp³-hybridized carbons (Fsp3) is 0.0952. The summed E-state index contributed by atoms with van der Waals surface area (Å²) in [6, 6.07) is 21.0. The molecule has 5 rings (SSSR count). The monoisotopic (exact) mass is 313 g/mol. The van der Waals surface area contributed by atoms with E-state index in [-0.39, 0.29) is 0 Å². The second-order valence-corrected chi connectivity index (χ2v) is 6.32. The van der Waals surface area contributed by atoms with Crippen molar-refractivity contribution in [3.63, 3.8) is 0 Å². The Morgan fingerprint density at radius 3 is 2.54 bits per heavy atom. The molecular formula is C21H17N2O+. The molecule has 116 valence electrons. The van der Waals surface area contributed by atoms with Crippen molar-refractivity contribution in [3.05, 3.63) is 66.2 Å². The molecule has 0 atom stereocenters. The quantitative estimate of drug-likeness (QED) is 0.440. The van der Waals surface area contributed by atoms with Crippen LogP contribution in [0, 0.1) is 6.92 Å². The highest BCUT2D eigenvalue weighted by molar-refractivity contribution is 6.10. The highest BCUT2D eigenvalue weighted by Gasteiger charge is 2.23. The van der Waals surface area contributed by atoms with Gasteiger partial charge < -0.3 is 9.40 Å². The molecule has 0 fully saturated rings. The number of hydrogen-bond acceptors (Lipinski definition) is 1. The molecule has 0 aliphatic carbocycles. The SMILES string of the molecule is Cc1ccccc1-c1oc2cc3c(cc2[n+]1C)[nH]c1ccccc13. The average molecular weight is 313 g/mol. The number of aromatic amines is 1. The van der Waals surface area contributed by atoms with Crippen molar-refractivity contribution in [2.24, 2.45) is 7.05 Å². The minimum atomic E-state index is 0.889. The fourth-order valence-electron chi connectivity index (χ4n) is 3.54. The van der Waals surface area contributed by atoms with E-state index in [0.717, 1.165) is 33.6 Å². The minimum Gasteiger partial charge on any atom is -0.398 e. The lowest BCUT2D eigenvalue weighted by Crippen LogP contribution is -2.28. The Hall–Kier alpha value is -3.07. The molecule has 0 aliphatic heterocycles. The molecule has 2 heterocycles. The van der Waals surface area contributed by atoms with Crippen molar-refractivity contribution in [1.82, 2.24) is 4.98 Å². The smallest absolute Gasteiger partial charge is 0.381 e. The van der Waals surface area contributed by atoms with Gasteiger partial charge in [0.2, 0.25) is 5.58 Å². The number of para-hydroxylation sites is 1. The van der Waals surface area contributed by atoms with Gasteiger partial charge in [-0.15, -0.1) is 0 Å². The number of benzene rings is 3. The highest BCUT2D eigenvalue weighted by atomic mass is 16.4. The molecule has 0 spiro atoms. The molecule has 0 bridgehead atoms. The lowest BCUT2D eigenvalue weighted by molar-refractivity contribution is -0.637. The van der Waals surface area contributed by atoms with Gasteiger partial charge in [-0.3, -0.25) is 0 Å². The van der Waals surface area contributed by atoms with Crippen molar-refractivity contribution in [1.29, 1.82) is 0 Å². The standard InChI is InChI=1S/C21H17N2O/c1-13-7-3-4-8-14(13)21-23(2)19-12-18-16(11-20(19)24-21)15-9-5-6-10-17(15)22-18/h3-12,22H,1-2H3/q+1. The van der Waals surface area contributed by atoms with Crippen LogP contribution >= 0.6 is 0 Å². The number of hydrogen-bond donors (Lipinski definition) is 1. The summed E-state index contributed by atoms with van der Waals surface area (Å²) in [5.74, 6) is 0.889. The van der Waals surface area contributed by atoms with Gasteiger partial charge in [-0.2, -0.15) is 4.57 Å². The van der Waals surface area contributed by atoms with Crippen LogP contribution in [0.4, 0.5) is 0 Å². The Balaban J connectivity index is 1.85. The Morgan fingerprint density at radius 2 is 1.67 bits per heavy atom. The summed E-state index contributed by atoms with van der Waals surface area (Å²) < 4.78 is 8.37. The molecule has 5 aromatic rings. The van der Waals surface area contributed by atoms with Crippen LogP contribution in [-0.2, 0) is 7.05 Å². The molecule has 2 aromatic heterocycles. The predicted octanol–water partition coefficient (Wildman–Crippen LogP) is 4.87. The van der Waals surface area contributed by atoms with Crippen LogP contribution in [0.25, 0.3) is 44.4 Å². The summed E-state index contributed by atoms with van der Waals surface area (Å²) in [5.41, 5.74) is 6.63. The molecule has 1 N–H and O–H groups in total. The van der Waals surface area contributed by atoms with Crippen molar-refractivity contribution in [2.75, 3.05) is 0 Å². The van der Waals surface area contributed by atoms with Crippen molar-refractivity contribution in [3.8, 4) is 11.5 Å². The van der Waals surface area contributed by atoms with Crippen LogP contribution in [0.15, 0.2) is 65.1 Å². The van der Waals surface area contributed by atoms with Gasteiger partial charge in [-0.05, 0) is 30.7 Å². The van der Waals surface area contributed by atoms with Crippen LogP contribution in [-0.4, -0.2) is 4.98 Å². The molecule has 24 heavy (non-hydrogen) atoms. The third-order valence-electron chi connectivity index (χ3n) is 4.83.